The van der Waals surface area contributed by atoms with E-state index in [0.717, 1.165) is 11.3 Å². The number of ether oxygens (including phenoxy) is 2. The standard InChI is InChI=1S/C21H18N4O3/c1-13(26)23-16-7-6-15-11-25-17(12-28-20(15)8-16)9-18(24-25)21-14(10-22)4-3-5-19(21)27-2/h3-9H,11-12H2,1-2H3,(H,23,26). The lowest BCUT2D eigenvalue weighted by Crippen LogP contribution is -2.06. The van der Waals surface area contributed by atoms with Crippen LogP contribution in [0.5, 0.6) is 11.5 Å². The zero-order valence-corrected chi connectivity index (χ0v) is 15.5. The highest BCUT2D eigenvalue weighted by molar-refractivity contribution is 5.89. The molecular formula is C21H18N4O3. The number of amides is 1. The monoisotopic (exact) mass is 374 g/mol. The number of aromatic nitrogens is 2. The molecule has 0 saturated heterocycles. The molecule has 7 nitrogen and oxygen atoms in total. The third-order valence-corrected chi connectivity index (χ3v) is 4.57. The maximum absolute atomic E-state index is 11.3. The SMILES string of the molecule is COc1cccc(C#N)c1-c1cc2n(n1)Cc1ccc(NC(C)=O)cc1OC2. The molecule has 2 heterocycles. The van der Waals surface area contributed by atoms with Crippen LogP contribution in [0.1, 0.15) is 23.7 Å². The van der Waals surface area contributed by atoms with Gasteiger partial charge < -0.3 is 14.8 Å². The molecule has 0 atom stereocenters. The second-order valence-corrected chi connectivity index (χ2v) is 6.47. The Balaban J connectivity index is 1.71. The lowest BCUT2D eigenvalue weighted by molar-refractivity contribution is -0.114. The summed E-state index contributed by atoms with van der Waals surface area (Å²) in [5.41, 5.74) is 4.40. The number of anilines is 1. The second-order valence-electron chi connectivity index (χ2n) is 6.47. The fourth-order valence-electron chi connectivity index (χ4n) is 3.30. The van der Waals surface area contributed by atoms with E-state index in [-0.39, 0.29) is 5.91 Å². The molecule has 0 aliphatic carbocycles. The van der Waals surface area contributed by atoms with Gasteiger partial charge in [-0.1, -0.05) is 12.1 Å². The molecule has 4 rings (SSSR count). The van der Waals surface area contributed by atoms with Gasteiger partial charge in [0.1, 0.15) is 18.1 Å². The zero-order chi connectivity index (χ0) is 19.7. The van der Waals surface area contributed by atoms with E-state index in [2.05, 4.69) is 11.4 Å². The van der Waals surface area contributed by atoms with Crippen LogP contribution in [0.2, 0.25) is 0 Å². The summed E-state index contributed by atoms with van der Waals surface area (Å²) in [7, 11) is 1.58. The van der Waals surface area contributed by atoms with Gasteiger partial charge in [-0.3, -0.25) is 9.48 Å². The first-order valence-electron chi connectivity index (χ1n) is 8.76. The number of hydrogen-bond donors (Lipinski definition) is 1. The quantitative estimate of drug-likeness (QED) is 0.760. The number of carbonyl (C=O) groups excluding carboxylic acids is 1. The van der Waals surface area contributed by atoms with Crippen LogP contribution in [0.25, 0.3) is 11.3 Å². The van der Waals surface area contributed by atoms with Crippen LogP contribution in [0.3, 0.4) is 0 Å². The molecule has 2 aromatic carbocycles. The van der Waals surface area contributed by atoms with Gasteiger partial charge in [-0.25, -0.2) is 0 Å². The molecule has 1 amide bonds. The molecule has 3 aromatic rings. The molecular weight excluding hydrogens is 356 g/mol. The van der Waals surface area contributed by atoms with Crippen LogP contribution in [0, 0.1) is 11.3 Å². The molecule has 1 aliphatic heterocycles. The van der Waals surface area contributed by atoms with Gasteiger partial charge in [-0.05, 0) is 24.3 Å². The van der Waals surface area contributed by atoms with Crippen molar-refractivity contribution >= 4 is 11.6 Å². The van der Waals surface area contributed by atoms with Crippen molar-refractivity contribution in [2.24, 2.45) is 0 Å². The van der Waals surface area contributed by atoms with E-state index in [9.17, 15) is 10.1 Å². The van der Waals surface area contributed by atoms with Crippen molar-refractivity contribution < 1.29 is 14.3 Å². The molecule has 0 unspecified atom stereocenters. The fraction of sp³-hybridized carbons (Fsp3) is 0.190. The molecule has 28 heavy (non-hydrogen) atoms. The Morgan fingerprint density at radius 2 is 2.18 bits per heavy atom. The van der Waals surface area contributed by atoms with Crippen molar-refractivity contribution in [2.75, 3.05) is 12.4 Å². The summed E-state index contributed by atoms with van der Waals surface area (Å²) in [6, 6.07) is 15.0. The number of carbonyl (C=O) groups is 1. The summed E-state index contributed by atoms with van der Waals surface area (Å²) >= 11 is 0. The van der Waals surface area contributed by atoms with Crippen LogP contribution in [-0.2, 0) is 17.9 Å². The number of benzene rings is 2. The summed E-state index contributed by atoms with van der Waals surface area (Å²) in [5.74, 6) is 1.19. The summed E-state index contributed by atoms with van der Waals surface area (Å²) < 4.78 is 13.3. The Bertz CT molecular complexity index is 1110. The van der Waals surface area contributed by atoms with Gasteiger partial charge in [0.25, 0.3) is 0 Å². The molecule has 1 N–H and O–H groups in total. The van der Waals surface area contributed by atoms with Crippen molar-refractivity contribution in [3.63, 3.8) is 0 Å². The highest BCUT2D eigenvalue weighted by Gasteiger charge is 2.21. The molecule has 0 fully saturated rings. The maximum Gasteiger partial charge on any atom is 0.221 e. The van der Waals surface area contributed by atoms with Crippen LogP contribution in [-0.4, -0.2) is 22.8 Å². The van der Waals surface area contributed by atoms with Crippen molar-refractivity contribution in [3.05, 3.63) is 59.3 Å². The first-order chi connectivity index (χ1) is 13.6. The predicted octanol–water partition coefficient (Wildman–Crippen LogP) is 3.33. The average molecular weight is 374 g/mol. The number of hydrogen-bond acceptors (Lipinski definition) is 5. The minimum Gasteiger partial charge on any atom is -0.496 e. The highest BCUT2D eigenvalue weighted by Crippen LogP contribution is 2.34. The highest BCUT2D eigenvalue weighted by atomic mass is 16.5. The Hall–Kier alpha value is -3.79. The zero-order valence-electron chi connectivity index (χ0n) is 15.5. The van der Waals surface area contributed by atoms with Crippen molar-refractivity contribution in [1.82, 2.24) is 9.78 Å². The van der Waals surface area contributed by atoms with Gasteiger partial charge >= 0.3 is 0 Å². The predicted molar refractivity (Wildman–Crippen MR) is 103 cm³/mol. The third kappa shape index (κ3) is 3.16. The number of rotatable bonds is 3. The lowest BCUT2D eigenvalue weighted by Gasteiger charge is -2.10. The summed E-state index contributed by atoms with van der Waals surface area (Å²) in [5, 5.41) is 16.9. The number of fused-ring (bicyclic) bond motifs is 2. The van der Waals surface area contributed by atoms with E-state index in [1.165, 1.54) is 6.92 Å². The second kappa shape index (κ2) is 7.08. The number of nitrogens with zero attached hydrogens (tertiary/aromatic N) is 3. The van der Waals surface area contributed by atoms with Gasteiger partial charge in [0, 0.05) is 24.2 Å². The number of methoxy groups -OCH3 is 1. The molecule has 7 heteroatoms. The van der Waals surface area contributed by atoms with Crippen molar-refractivity contribution in [1.29, 1.82) is 5.26 Å². The van der Waals surface area contributed by atoms with E-state index in [1.807, 2.05) is 35.0 Å². The van der Waals surface area contributed by atoms with Crippen molar-refractivity contribution in [3.8, 4) is 28.8 Å². The first kappa shape index (κ1) is 17.6. The Morgan fingerprint density at radius 3 is 2.93 bits per heavy atom. The normalized spacial score (nSPS) is 12.0. The van der Waals surface area contributed by atoms with Crippen molar-refractivity contribution in [2.45, 2.75) is 20.1 Å². The molecule has 0 radical (unpaired) electrons. The molecule has 0 spiro atoms. The van der Waals surface area contributed by atoms with Gasteiger partial charge in [0.05, 0.1) is 42.2 Å². The number of nitrogens with one attached hydrogen (secondary N) is 1. The Labute approximate surface area is 162 Å². The molecule has 1 aliphatic rings. The minimum absolute atomic E-state index is 0.128. The lowest BCUT2D eigenvalue weighted by atomic mass is 10.0. The van der Waals surface area contributed by atoms with Gasteiger partial charge in [-0.2, -0.15) is 10.4 Å². The smallest absolute Gasteiger partial charge is 0.221 e. The molecule has 140 valence electrons. The molecule has 1 aromatic heterocycles. The summed E-state index contributed by atoms with van der Waals surface area (Å²) in [4.78, 5) is 11.3. The van der Waals surface area contributed by atoms with Crippen LogP contribution >= 0.6 is 0 Å². The fourth-order valence-corrected chi connectivity index (χ4v) is 3.30. The van der Waals surface area contributed by atoms with Crippen LogP contribution < -0.4 is 14.8 Å². The Morgan fingerprint density at radius 1 is 1.32 bits per heavy atom. The van der Waals surface area contributed by atoms with Gasteiger partial charge in [-0.15, -0.1) is 0 Å². The summed E-state index contributed by atoms with van der Waals surface area (Å²) in [6.07, 6.45) is 0. The molecule has 0 bridgehead atoms. The van der Waals surface area contributed by atoms with E-state index < -0.39 is 0 Å². The minimum atomic E-state index is -0.128. The van der Waals surface area contributed by atoms with E-state index in [1.54, 1.807) is 19.2 Å². The third-order valence-electron chi connectivity index (χ3n) is 4.57. The van der Waals surface area contributed by atoms with Crippen LogP contribution in [0.15, 0.2) is 42.5 Å². The maximum atomic E-state index is 11.3. The Kier molecular flexibility index (Phi) is 4.45. The first-order valence-corrected chi connectivity index (χ1v) is 8.76. The number of nitriles is 1. The van der Waals surface area contributed by atoms with Gasteiger partial charge in [0.15, 0.2) is 0 Å². The van der Waals surface area contributed by atoms with E-state index in [4.69, 9.17) is 14.6 Å². The van der Waals surface area contributed by atoms with E-state index >= 15 is 0 Å². The van der Waals surface area contributed by atoms with E-state index in [0.29, 0.717) is 47.2 Å². The van der Waals surface area contributed by atoms with Crippen LogP contribution in [0.4, 0.5) is 5.69 Å². The average Bonchev–Trinajstić information content (AvgIpc) is 3.01. The summed E-state index contributed by atoms with van der Waals surface area (Å²) in [6.45, 7) is 2.33. The largest absolute Gasteiger partial charge is 0.496 e. The topological polar surface area (TPSA) is 89.2 Å². The molecule has 0 saturated carbocycles. The van der Waals surface area contributed by atoms with Gasteiger partial charge in [0.2, 0.25) is 5.91 Å².